The molecule has 0 saturated carbocycles. The SMILES string of the molecule is CC(C)CC(=O)OC/C=C/COCc1ccccc1. The molecule has 0 aliphatic heterocycles. The lowest BCUT2D eigenvalue weighted by Crippen LogP contribution is -2.07. The number of ether oxygens (including phenoxy) is 2. The van der Waals surface area contributed by atoms with E-state index in [0.29, 0.717) is 32.2 Å². The maximum Gasteiger partial charge on any atom is 0.306 e. The number of benzene rings is 1. The Morgan fingerprint density at radius 1 is 1.16 bits per heavy atom. The van der Waals surface area contributed by atoms with Gasteiger partial charge in [-0.15, -0.1) is 0 Å². The molecule has 104 valence electrons. The average Bonchev–Trinajstić information content (AvgIpc) is 2.38. The first kappa shape index (κ1) is 15.4. The summed E-state index contributed by atoms with van der Waals surface area (Å²) in [6, 6.07) is 10.0. The van der Waals surface area contributed by atoms with Gasteiger partial charge < -0.3 is 9.47 Å². The van der Waals surface area contributed by atoms with Crippen molar-refractivity contribution < 1.29 is 14.3 Å². The highest BCUT2D eigenvalue weighted by atomic mass is 16.5. The van der Waals surface area contributed by atoms with Crippen molar-refractivity contribution >= 4 is 5.97 Å². The molecule has 0 radical (unpaired) electrons. The Hall–Kier alpha value is -1.61. The molecule has 1 rings (SSSR count). The van der Waals surface area contributed by atoms with Gasteiger partial charge in [0.05, 0.1) is 13.2 Å². The van der Waals surface area contributed by atoms with Gasteiger partial charge in [-0.25, -0.2) is 0 Å². The van der Waals surface area contributed by atoms with Crippen LogP contribution in [-0.2, 0) is 20.9 Å². The van der Waals surface area contributed by atoms with Crippen molar-refractivity contribution in [3.05, 3.63) is 48.0 Å². The van der Waals surface area contributed by atoms with Gasteiger partial charge in [-0.3, -0.25) is 4.79 Å². The molecule has 0 aliphatic carbocycles. The third kappa shape index (κ3) is 8.16. The molecule has 0 N–H and O–H groups in total. The standard InChI is InChI=1S/C16H22O3/c1-14(2)12-16(17)19-11-7-6-10-18-13-15-8-4-3-5-9-15/h3-9,14H,10-13H2,1-2H3/b7-6+. The van der Waals surface area contributed by atoms with E-state index < -0.39 is 0 Å². The zero-order valence-corrected chi connectivity index (χ0v) is 11.7. The number of rotatable bonds is 8. The van der Waals surface area contributed by atoms with Gasteiger partial charge in [0, 0.05) is 6.42 Å². The molecule has 0 fully saturated rings. The lowest BCUT2D eigenvalue weighted by atomic mass is 10.1. The summed E-state index contributed by atoms with van der Waals surface area (Å²) in [7, 11) is 0. The van der Waals surface area contributed by atoms with Crippen molar-refractivity contribution in [1.82, 2.24) is 0 Å². The van der Waals surface area contributed by atoms with Gasteiger partial charge in [0.2, 0.25) is 0 Å². The van der Waals surface area contributed by atoms with Crippen LogP contribution in [0.3, 0.4) is 0 Å². The molecule has 0 aromatic heterocycles. The van der Waals surface area contributed by atoms with Crippen molar-refractivity contribution in [3.8, 4) is 0 Å². The van der Waals surface area contributed by atoms with E-state index in [0.717, 1.165) is 5.56 Å². The minimum Gasteiger partial charge on any atom is -0.461 e. The molecule has 0 aliphatic rings. The summed E-state index contributed by atoms with van der Waals surface area (Å²) < 4.78 is 10.5. The zero-order chi connectivity index (χ0) is 13.9. The maximum atomic E-state index is 11.2. The zero-order valence-electron chi connectivity index (χ0n) is 11.7. The van der Waals surface area contributed by atoms with E-state index in [1.165, 1.54) is 0 Å². The Labute approximate surface area is 115 Å². The molecular weight excluding hydrogens is 240 g/mol. The largest absolute Gasteiger partial charge is 0.461 e. The van der Waals surface area contributed by atoms with Crippen molar-refractivity contribution in [2.75, 3.05) is 13.2 Å². The molecule has 1 aromatic carbocycles. The predicted molar refractivity (Wildman–Crippen MR) is 75.7 cm³/mol. The maximum absolute atomic E-state index is 11.2. The Kier molecular flexibility index (Phi) is 7.59. The van der Waals surface area contributed by atoms with E-state index >= 15 is 0 Å². The molecule has 0 saturated heterocycles. The minimum atomic E-state index is -0.148. The van der Waals surface area contributed by atoms with Crippen LogP contribution in [0.1, 0.15) is 25.8 Å². The Bertz CT molecular complexity index is 382. The van der Waals surface area contributed by atoms with Gasteiger partial charge in [0.1, 0.15) is 6.61 Å². The second-order valence-electron chi connectivity index (χ2n) is 4.75. The summed E-state index contributed by atoms with van der Waals surface area (Å²) in [5.41, 5.74) is 1.15. The number of esters is 1. The minimum absolute atomic E-state index is 0.148. The summed E-state index contributed by atoms with van der Waals surface area (Å²) in [4.78, 5) is 11.2. The number of hydrogen-bond acceptors (Lipinski definition) is 3. The fourth-order valence-corrected chi connectivity index (χ4v) is 1.49. The van der Waals surface area contributed by atoms with E-state index in [9.17, 15) is 4.79 Å². The molecule has 0 spiro atoms. The highest BCUT2D eigenvalue weighted by molar-refractivity contribution is 5.69. The third-order valence-electron chi connectivity index (χ3n) is 2.41. The lowest BCUT2D eigenvalue weighted by Gasteiger charge is -2.04. The van der Waals surface area contributed by atoms with E-state index in [1.807, 2.05) is 56.3 Å². The van der Waals surface area contributed by atoms with E-state index in [4.69, 9.17) is 9.47 Å². The summed E-state index contributed by atoms with van der Waals surface area (Å²) in [6.45, 7) is 5.43. The third-order valence-corrected chi connectivity index (χ3v) is 2.41. The van der Waals surface area contributed by atoms with Crippen LogP contribution in [0.5, 0.6) is 0 Å². The first-order chi connectivity index (χ1) is 9.18. The topological polar surface area (TPSA) is 35.5 Å². The summed E-state index contributed by atoms with van der Waals surface area (Å²) in [5, 5.41) is 0. The van der Waals surface area contributed by atoms with Crippen molar-refractivity contribution in [3.63, 3.8) is 0 Å². The molecule has 3 nitrogen and oxygen atoms in total. The second kappa shape index (κ2) is 9.34. The predicted octanol–water partition coefficient (Wildman–Crippen LogP) is 3.35. The molecule has 0 atom stereocenters. The highest BCUT2D eigenvalue weighted by Gasteiger charge is 2.03. The van der Waals surface area contributed by atoms with Gasteiger partial charge in [0.25, 0.3) is 0 Å². The van der Waals surface area contributed by atoms with E-state index in [1.54, 1.807) is 0 Å². The Morgan fingerprint density at radius 2 is 1.84 bits per heavy atom. The smallest absolute Gasteiger partial charge is 0.306 e. The van der Waals surface area contributed by atoms with E-state index in [2.05, 4.69) is 0 Å². The van der Waals surface area contributed by atoms with Crippen LogP contribution in [0.2, 0.25) is 0 Å². The first-order valence-corrected chi connectivity index (χ1v) is 6.60. The fraction of sp³-hybridized carbons (Fsp3) is 0.438. The molecular formula is C16H22O3. The molecule has 19 heavy (non-hydrogen) atoms. The van der Waals surface area contributed by atoms with Crippen LogP contribution in [0.15, 0.2) is 42.5 Å². The quantitative estimate of drug-likeness (QED) is 0.409. The summed E-state index contributed by atoms with van der Waals surface area (Å²) in [5.74, 6) is 0.190. The average molecular weight is 262 g/mol. The van der Waals surface area contributed by atoms with Crippen LogP contribution in [0.25, 0.3) is 0 Å². The van der Waals surface area contributed by atoms with Crippen LogP contribution in [0, 0.1) is 5.92 Å². The Balaban J connectivity index is 2.03. The van der Waals surface area contributed by atoms with E-state index in [-0.39, 0.29) is 5.97 Å². The van der Waals surface area contributed by atoms with Gasteiger partial charge in [-0.1, -0.05) is 50.3 Å². The number of hydrogen-bond donors (Lipinski definition) is 0. The molecule has 0 unspecified atom stereocenters. The molecule has 0 amide bonds. The number of carbonyl (C=O) groups excluding carboxylic acids is 1. The summed E-state index contributed by atoms with van der Waals surface area (Å²) in [6.07, 6.45) is 4.15. The summed E-state index contributed by atoms with van der Waals surface area (Å²) >= 11 is 0. The number of carbonyl (C=O) groups is 1. The Morgan fingerprint density at radius 3 is 2.53 bits per heavy atom. The van der Waals surface area contributed by atoms with Crippen LogP contribution in [-0.4, -0.2) is 19.2 Å². The lowest BCUT2D eigenvalue weighted by molar-refractivity contribution is -0.143. The van der Waals surface area contributed by atoms with Gasteiger partial charge in [0.15, 0.2) is 0 Å². The van der Waals surface area contributed by atoms with Gasteiger partial charge in [-0.2, -0.15) is 0 Å². The van der Waals surface area contributed by atoms with Gasteiger partial charge in [-0.05, 0) is 17.6 Å². The monoisotopic (exact) mass is 262 g/mol. The fourth-order valence-electron chi connectivity index (χ4n) is 1.49. The molecule has 3 heteroatoms. The molecule has 0 heterocycles. The second-order valence-corrected chi connectivity index (χ2v) is 4.75. The van der Waals surface area contributed by atoms with Crippen molar-refractivity contribution in [1.29, 1.82) is 0 Å². The van der Waals surface area contributed by atoms with Crippen LogP contribution in [0.4, 0.5) is 0 Å². The van der Waals surface area contributed by atoms with Gasteiger partial charge >= 0.3 is 5.97 Å². The van der Waals surface area contributed by atoms with Crippen molar-refractivity contribution in [2.45, 2.75) is 26.9 Å². The van der Waals surface area contributed by atoms with Crippen molar-refractivity contribution in [2.24, 2.45) is 5.92 Å². The normalized spacial score (nSPS) is 11.1. The van der Waals surface area contributed by atoms with Crippen LogP contribution >= 0.6 is 0 Å². The highest BCUT2D eigenvalue weighted by Crippen LogP contribution is 2.01. The first-order valence-electron chi connectivity index (χ1n) is 6.60. The molecule has 1 aromatic rings. The van der Waals surface area contributed by atoms with Crippen LogP contribution < -0.4 is 0 Å². The molecule has 0 bridgehead atoms.